The molecular weight excluding hydrogens is 278 g/mol. The van der Waals surface area contributed by atoms with Crippen molar-refractivity contribution in [1.82, 2.24) is 4.90 Å². The van der Waals surface area contributed by atoms with Gasteiger partial charge in [-0.2, -0.15) is 0 Å². The molecule has 0 aromatic heterocycles. The number of hydrogen-bond acceptors (Lipinski definition) is 3. The van der Waals surface area contributed by atoms with E-state index in [1.807, 2.05) is 12.1 Å². The molecule has 0 N–H and O–H groups in total. The Hall–Kier alpha value is -0.800. The van der Waals surface area contributed by atoms with Crippen LogP contribution in [0.15, 0.2) is 29.2 Å². The van der Waals surface area contributed by atoms with Crippen LogP contribution in [0.3, 0.4) is 0 Å². The quantitative estimate of drug-likeness (QED) is 0.599. The number of carbonyl (C=O) groups excluding carboxylic acids is 1. The molecule has 21 heavy (non-hydrogen) atoms. The van der Waals surface area contributed by atoms with Gasteiger partial charge in [0.2, 0.25) is 0 Å². The van der Waals surface area contributed by atoms with E-state index in [1.165, 1.54) is 43.4 Å². The van der Waals surface area contributed by atoms with E-state index in [2.05, 4.69) is 23.3 Å². The second-order valence-corrected chi connectivity index (χ2v) is 7.26. The minimum Gasteiger partial charge on any atom is -0.293 e. The van der Waals surface area contributed by atoms with E-state index >= 15 is 0 Å². The standard InChI is InChI=1S/C18H25NOS/c1-21-16-10-8-15(9-11-16)18(20)13-19-12-4-7-17(19)14-5-2-3-6-14/h8-11,14,17H,2-7,12-13H2,1H3. The zero-order chi connectivity index (χ0) is 14.7. The molecule has 2 aliphatic rings. The van der Waals surface area contributed by atoms with Crippen LogP contribution < -0.4 is 0 Å². The Labute approximate surface area is 132 Å². The molecule has 114 valence electrons. The molecule has 1 aliphatic carbocycles. The van der Waals surface area contributed by atoms with Crippen molar-refractivity contribution >= 4 is 17.5 Å². The van der Waals surface area contributed by atoms with Gasteiger partial charge in [-0.05, 0) is 56.5 Å². The SMILES string of the molecule is CSc1ccc(C(=O)CN2CCCC2C2CCCC2)cc1. The molecule has 1 saturated carbocycles. The number of nitrogens with zero attached hydrogens (tertiary/aromatic N) is 1. The third-order valence-electron chi connectivity index (χ3n) is 5.12. The zero-order valence-electron chi connectivity index (χ0n) is 12.9. The topological polar surface area (TPSA) is 20.3 Å². The first-order valence-corrected chi connectivity index (χ1v) is 9.41. The highest BCUT2D eigenvalue weighted by molar-refractivity contribution is 7.98. The molecule has 2 fully saturated rings. The van der Waals surface area contributed by atoms with Crippen LogP contribution in [0.1, 0.15) is 48.9 Å². The van der Waals surface area contributed by atoms with Crippen LogP contribution in [0.2, 0.25) is 0 Å². The monoisotopic (exact) mass is 303 g/mol. The average Bonchev–Trinajstić information content (AvgIpc) is 3.18. The fraction of sp³-hybridized carbons (Fsp3) is 0.611. The smallest absolute Gasteiger partial charge is 0.176 e. The molecular formula is C18H25NOS. The Bertz CT molecular complexity index is 478. The van der Waals surface area contributed by atoms with Gasteiger partial charge in [-0.15, -0.1) is 11.8 Å². The summed E-state index contributed by atoms with van der Waals surface area (Å²) < 4.78 is 0. The van der Waals surface area contributed by atoms with Gasteiger partial charge in [0.15, 0.2) is 5.78 Å². The van der Waals surface area contributed by atoms with Crippen LogP contribution in [0, 0.1) is 5.92 Å². The predicted molar refractivity (Wildman–Crippen MR) is 89.1 cm³/mol. The summed E-state index contributed by atoms with van der Waals surface area (Å²) in [5.74, 6) is 1.13. The lowest BCUT2D eigenvalue weighted by Crippen LogP contribution is -2.38. The number of carbonyl (C=O) groups is 1. The highest BCUT2D eigenvalue weighted by Gasteiger charge is 2.34. The van der Waals surface area contributed by atoms with Gasteiger partial charge in [0.25, 0.3) is 0 Å². The number of benzene rings is 1. The minimum absolute atomic E-state index is 0.285. The van der Waals surface area contributed by atoms with Crippen LogP contribution in [0.25, 0.3) is 0 Å². The summed E-state index contributed by atoms with van der Waals surface area (Å²) in [5.41, 5.74) is 0.866. The molecule has 1 aromatic rings. The van der Waals surface area contributed by atoms with E-state index in [-0.39, 0.29) is 5.78 Å². The number of thioether (sulfide) groups is 1. The lowest BCUT2D eigenvalue weighted by Gasteiger charge is -2.28. The van der Waals surface area contributed by atoms with Gasteiger partial charge in [-0.1, -0.05) is 25.0 Å². The third-order valence-corrected chi connectivity index (χ3v) is 5.86. The van der Waals surface area contributed by atoms with Gasteiger partial charge < -0.3 is 0 Å². The molecule has 1 heterocycles. The van der Waals surface area contributed by atoms with Gasteiger partial charge in [-0.3, -0.25) is 9.69 Å². The zero-order valence-corrected chi connectivity index (χ0v) is 13.7. The molecule has 0 radical (unpaired) electrons. The van der Waals surface area contributed by atoms with Crippen molar-refractivity contribution in [2.24, 2.45) is 5.92 Å². The normalized spacial score (nSPS) is 23.8. The highest BCUT2D eigenvalue weighted by Crippen LogP contribution is 2.35. The van der Waals surface area contributed by atoms with Gasteiger partial charge in [0.1, 0.15) is 0 Å². The lowest BCUT2D eigenvalue weighted by molar-refractivity contribution is 0.0896. The van der Waals surface area contributed by atoms with Crippen LogP contribution in [0.5, 0.6) is 0 Å². The number of hydrogen-bond donors (Lipinski definition) is 0. The van der Waals surface area contributed by atoms with E-state index in [4.69, 9.17) is 0 Å². The number of likely N-dealkylation sites (tertiary alicyclic amines) is 1. The first-order valence-electron chi connectivity index (χ1n) is 8.19. The highest BCUT2D eigenvalue weighted by atomic mass is 32.2. The maximum Gasteiger partial charge on any atom is 0.176 e. The van der Waals surface area contributed by atoms with Crippen molar-refractivity contribution in [2.75, 3.05) is 19.3 Å². The summed E-state index contributed by atoms with van der Waals surface area (Å²) >= 11 is 1.72. The summed E-state index contributed by atoms with van der Waals surface area (Å²) in [6.07, 6.45) is 10.1. The Kier molecular flexibility index (Phi) is 5.02. The number of Topliss-reactive ketones (excluding diaryl/α,β-unsaturated/α-hetero) is 1. The van der Waals surface area contributed by atoms with Gasteiger partial charge >= 0.3 is 0 Å². The van der Waals surface area contributed by atoms with Crippen molar-refractivity contribution in [1.29, 1.82) is 0 Å². The first-order chi connectivity index (χ1) is 10.3. The van der Waals surface area contributed by atoms with E-state index in [1.54, 1.807) is 11.8 Å². The molecule has 0 amide bonds. The molecule has 2 nitrogen and oxygen atoms in total. The van der Waals surface area contributed by atoms with E-state index in [0.717, 1.165) is 18.0 Å². The summed E-state index contributed by atoms with van der Waals surface area (Å²) in [4.78, 5) is 16.2. The second kappa shape index (κ2) is 6.97. The maximum absolute atomic E-state index is 12.5. The average molecular weight is 303 g/mol. The summed E-state index contributed by atoms with van der Waals surface area (Å²) in [6.45, 7) is 1.72. The van der Waals surface area contributed by atoms with Gasteiger partial charge in [0.05, 0.1) is 6.54 Å². The van der Waals surface area contributed by atoms with Crippen molar-refractivity contribution in [3.63, 3.8) is 0 Å². The number of ketones is 1. The van der Waals surface area contributed by atoms with Gasteiger partial charge in [0, 0.05) is 16.5 Å². The maximum atomic E-state index is 12.5. The first kappa shape index (κ1) is 15.1. The molecule has 1 aliphatic heterocycles. The minimum atomic E-state index is 0.285. The Morgan fingerprint density at radius 2 is 1.86 bits per heavy atom. The molecule has 0 spiro atoms. The van der Waals surface area contributed by atoms with Crippen molar-refractivity contribution in [2.45, 2.75) is 49.5 Å². The van der Waals surface area contributed by atoms with Crippen LogP contribution >= 0.6 is 11.8 Å². The van der Waals surface area contributed by atoms with E-state index in [0.29, 0.717) is 12.6 Å². The molecule has 1 unspecified atom stereocenters. The molecule has 1 saturated heterocycles. The third kappa shape index (κ3) is 3.51. The Morgan fingerprint density at radius 1 is 1.14 bits per heavy atom. The number of rotatable bonds is 5. The molecule has 3 rings (SSSR count). The fourth-order valence-corrected chi connectivity index (χ4v) is 4.39. The van der Waals surface area contributed by atoms with Crippen molar-refractivity contribution in [3.8, 4) is 0 Å². The summed E-state index contributed by atoms with van der Waals surface area (Å²) in [7, 11) is 0. The Balaban J connectivity index is 1.62. The van der Waals surface area contributed by atoms with Crippen LogP contribution in [-0.4, -0.2) is 36.1 Å². The molecule has 1 aromatic carbocycles. The largest absolute Gasteiger partial charge is 0.293 e. The second-order valence-electron chi connectivity index (χ2n) is 6.38. The van der Waals surface area contributed by atoms with E-state index < -0.39 is 0 Å². The summed E-state index contributed by atoms with van der Waals surface area (Å²) in [5, 5.41) is 0. The predicted octanol–water partition coefficient (Wildman–Crippen LogP) is 4.25. The van der Waals surface area contributed by atoms with Crippen LogP contribution in [-0.2, 0) is 0 Å². The van der Waals surface area contributed by atoms with Gasteiger partial charge in [-0.25, -0.2) is 0 Å². The Morgan fingerprint density at radius 3 is 2.52 bits per heavy atom. The summed E-state index contributed by atoms with van der Waals surface area (Å²) in [6, 6.07) is 8.73. The molecule has 0 bridgehead atoms. The van der Waals surface area contributed by atoms with E-state index in [9.17, 15) is 4.79 Å². The fourth-order valence-electron chi connectivity index (χ4n) is 3.98. The van der Waals surface area contributed by atoms with Crippen molar-refractivity contribution in [3.05, 3.63) is 29.8 Å². The molecule has 1 atom stereocenters. The molecule has 3 heteroatoms. The van der Waals surface area contributed by atoms with Crippen molar-refractivity contribution < 1.29 is 4.79 Å². The lowest BCUT2D eigenvalue weighted by atomic mass is 9.95. The van der Waals surface area contributed by atoms with Crippen LogP contribution in [0.4, 0.5) is 0 Å².